The molecule has 2 rings (SSSR count). The van der Waals surface area contributed by atoms with Gasteiger partial charge in [-0.2, -0.15) is 0 Å². The van der Waals surface area contributed by atoms with Gasteiger partial charge in [0.2, 0.25) is 0 Å². The summed E-state index contributed by atoms with van der Waals surface area (Å²) in [4.78, 5) is 9.34. The van der Waals surface area contributed by atoms with Crippen molar-refractivity contribution in [2.45, 2.75) is 39.5 Å². The highest BCUT2D eigenvalue weighted by molar-refractivity contribution is 5.28. The van der Waals surface area contributed by atoms with Crippen molar-refractivity contribution in [2.24, 2.45) is 5.92 Å². The summed E-state index contributed by atoms with van der Waals surface area (Å²) in [5, 5.41) is 3.45. The standard InChI is InChI=1S/C15H25N3O/c1-4-16-10-12-5-6-14-13(9-12)11(2)17-15(18-14)7-8-19-3/h12,16H,4-10H2,1-3H3. The first-order valence-electron chi connectivity index (χ1n) is 7.29. The molecule has 4 nitrogen and oxygen atoms in total. The van der Waals surface area contributed by atoms with E-state index in [9.17, 15) is 0 Å². The van der Waals surface area contributed by atoms with Crippen LogP contribution in [0, 0.1) is 12.8 Å². The molecule has 0 saturated heterocycles. The quantitative estimate of drug-likeness (QED) is 0.848. The summed E-state index contributed by atoms with van der Waals surface area (Å²) in [6.45, 7) is 7.14. The third kappa shape index (κ3) is 3.74. The minimum absolute atomic E-state index is 0.696. The molecule has 1 unspecified atom stereocenters. The van der Waals surface area contributed by atoms with Crippen molar-refractivity contribution in [3.8, 4) is 0 Å². The molecule has 0 aliphatic heterocycles. The number of fused-ring (bicyclic) bond motifs is 1. The largest absolute Gasteiger partial charge is 0.384 e. The van der Waals surface area contributed by atoms with Crippen LogP contribution < -0.4 is 5.32 Å². The van der Waals surface area contributed by atoms with Gasteiger partial charge in [0.15, 0.2) is 0 Å². The SMILES string of the molecule is CCNCC1CCc2nc(CCOC)nc(C)c2C1. The van der Waals surface area contributed by atoms with E-state index in [2.05, 4.69) is 24.1 Å². The first-order valence-corrected chi connectivity index (χ1v) is 7.29. The zero-order chi connectivity index (χ0) is 13.7. The highest BCUT2D eigenvalue weighted by Crippen LogP contribution is 2.25. The van der Waals surface area contributed by atoms with Crippen LogP contribution in [0.4, 0.5) is 0 Å². The van der Waals surface area contributed by atoms with E-state index in [0.717, 1.165) is 49.8 Å². The van der Waals surface area contributed by atoms with Gasteiger partial charge in [0.1, 0.15) is 5.82 Å². The molecule has 0 radical (unpaired) electrons. The van der Waals surface area contributed by atoms with Crippen molar-refractivity contribution < 1.29 is 4.74 Å². The molecule has 1 aromatic heterocycles. The van der Waals surface area contributed by atoms with E-state index in [0.29, 0.717) is 6.61 Å². The van der Waals surface area contributed by atoms with E-state index in [1.165, 1.54) is 17.7 Å². The Morgan fingerprint density at radius 3 is 2.95 bits per heavy atom. The maximum Gasteiger partial charge on any atom is 0.131 e. The van der Waals surface area contributed by atoms with E-state index in [1.807, 2.05) is 0 Å². The maximum absolute atomic E-state index is 5.10. The summed E-state index contributed by atoms with van der Waals surface area (Å²) >= 11 is 0. The van der Waals surface area contributed by atoms with Crippen LogP contribution in [0.5, 0.6) is 0 Å². The molecule has 0 aromatic carbocycles. The van der Waals surface area contributed by atoms with Gasteiger partial charge in [-0.3, -0.25) is 0 Å². The molecule has 1 aliphatic carbocycles. The molecule has 1 heterocycles. The van der Waals surface area contributed by atoms with Crippen molar-refractivity contribution in [3.63, 3.8) is 0 Å². The molecule has 19 heavy (non-hydrogen) atoms. The Morgan fingerprint density at radius 2 is 2.21 bits per heavy atom. The lowest BCUT2D eigenvalue weighted by Crippen LogP contribution is -2.28. The van der Waals surface area contributed by atoms with Crippen LogP contribution in [-0.4, -0.2) is 36.8 Å². The molecule has 4 heteroatoms. The molecule has 0 fully saturated rings. The van der Waals surface area contributed by atoms with E-state index < -0.39 is 0 Å². The van der Waals surface area contributed by atoms with Crippen LogP contribution in [0.3, 0.4) is 0 Å². The van der Waals surface area contributed by atoms with Gasteiger partial charge >= 0.3 is 0 Å². The Balaban J connectivity index is 2.08. The van der Waals surface area contributed by atoms with Crippen LogP contribution in [-0.2, 0) is 24.0 Å². The third-order valence-electron chi connectivity index (χ3n) is 3.84. The van der Waals surface area contributed by atoms with E-state index in [4.69, 9.17) is 9.72 Å². The van der Waals surface area contributed by atoms with Crippen molar-refractivity contribution in [2.75, 3.05) is 26.8 Å². The van der Waals surface area contributed by atoms with Gasteiger partial charge in [-0.1, -0.05) is 6.92 Å². The first-order chi connectivity index (χ1) is 9.24. The van der Waals surface area contributed by atoms with Gasteiger partial charge in [-0.25, -0.2) is 9.97 Å². The average Bonchev–Trinajstić information content (AvgIpc) is 2.43. The number of rotatable bonds is 6. The predicted molar refractivity (Wildman–Crippen MR) is 76.4 cm³/mol. The number of aromatic nitrogens is 2. The molecule has 1 N–H and O–H groups in total. The summed E-state index contributed by atoms with van der Waals surface area (Å²) in [5.41, 5.74) is 3.82. The lowest BCUT2D eigenvalue weighted by atomic mass is 9.85. The van der Waals surface area contributed by atoms with Gasteiger partial charge in [0, 0.05) is 24.9 Å². The summed E-state index contributed by atoms with van der Waals surface area (Å²) < 4.78 is 5.10. The molecular formula is C15H25N3O. The summed E-state index contributed by atoms with van der Waals surface area (Å²) in [6.07, 6.45) is 4.26. The highest BCUT2D eigenvalue weighted by atomic mass is 16.5. The fourth-order valence-electron chi connectivity index (χ4n) is 2.75. The number of methoxy groups -OCH3 is 1. The highest BCUT2D eigenvalue weighted by Gasteiger charge is 2.22. The molecule has 0 amide bonds. The third-order valence-corrected chi connectivity index (χ3v) is 3.84. The van der Waals surface area contributed by atoms with Crippen molar-refractivity contribution in [1.82, 2.24) is 15.3 Å². The molecule has 106 valence electrons. The summed E-state index contributed by atoms with van der Waals surface area (Å²) in [6, 6.07) is 0. The first kappa shape index (κ1) is 14.4. The minimum Gasteiger partial charge on any atom is -0.384 e. The number of ether oxygens (including phenoxy) is 1. The van der Waals surface area contributed by atoms with Crippen LogP contribution >= 0.6 is 0 Å². The Hall–Kier alpha value is -1.00. The molecule has 0 bridgehead atoms. The van der Waals surface area contributed by atoms with Gasteiger partial charge in [-0.15, -0.1) is 0 Å². The molecule has 1 aliphatic rings. The number of nitrogens with zero attached hydrogens (tertiary/aromatic N) is 2. The normalized spacial score (nSPS) is 18.4. The monoisotopic (exact) mass is 263 g/mol. The second kappa shape index (κ2) is 6.96. The summed E-state index contributed by atoms with van der Waals surface area (Å²) in [7, 11) is 1.72. The number of hydrogen-bond acceptors (Lipinski definition) is 4. The van der Waals surface area contributed by atoms with E-state index in [1.54, 1.807) is 7.11 Å². The molecule has 1 aromatic rings. The van der Waals surface area contributed by atoms with Crippen molar-refractivity contribution >= 4 is 0 Å². The van der Waals surface area contributed by atoms with Gasteiger partial charge < -0.3 is 10.1 Å². The number of hydrogen-bond donors (Lipinski definition) is 1. The topological polar surface area (TPSA) is 47.0 Å². The zero-order valence-electron chi connectivity index (χ0n) is 12.3. The van der Waals surface area contributed by atoms with Gasteiger partial charge in [0.05, 0.1) is 6.61 Å². The molecular weight excluding hydrogens is 238 g/mol. The molecule has 0 saturated carbocycles. The average molecular weight is 263 g/mol. The van der Waals surface area contributed by atoms with Crippen LogP contribution in [0.15, 0.2) is 0 Å². The molecule has 0 spiro atoms. The van der Waals surface area contributed by atoms with Crippen LogP contribution in [0.2, 0.25) is 0 Å². The minimum atomic E-state index is 0.696. The fourth-order valence-corrected chi connectivity index (χ4v) is 2.75. The van der Waals surface area contributed by atoms with E-state index >= 15 is 0 Å². The summed E-state index contributed by atoms with van der Waals surface area (Å²) in [5.74, 6) is 1.67. The maximum atomic E-state index is 5.10. The second-order valence-corrected chi connectivity index (χ2v) is 5.31. The Kier molecular flexibility index (Phi) is 5.28. The Morgan fingerprint density at radius 1 is 1.37 bits per heavy atom. The van der Waals surface area contributed by atoms with Gasteiger partial charge in [-0.05, 0) is 50.8 Å². The number of nitrogens with one attached hydrogen (secondary N) is 1. The lowest BCUT2D eigenvalue weighted by molar-refractivity contribution is 0.200. The Labute approximate surface area is 116 Å². The Bertz CT molecular complexity index is 420. The van der Waals surface area contributed by atoms with Crippen molar-refractivity contribution in [1.29, 1.82) is 0 Å². The lowest BCUT2D eigenvalue weighted by Gasteiger charge is -2.25. The fraction of sp³-hybridized carbons (Fsp3) is 0.733. The van der Waals surface area contributed by atoms with Crippen molar-refractivity contribution in [3.05, 3.63) is 22.8 Å². The smallest absolute Gasteiger partial charge is 0.131 e. The number of aryl methyl sites for hydroxylation is 2. The molecule has 1 atom stereocenters. The van der Waals surface area contributed by atoms with Gasteiger partial charge in [0.25, 0.3) is 0 Å². The predicted octanol–water partition coefficient (Wildman–Crippen LogP) is 1.69. The van der Waals surface area contributed by atoms with E-state index in [-0.39, 0.29) is 0 Å². The van der Waals surface area contributed by atoms with Crippen LogP contribution in [0.25, 0.3) is 0 Å². The zero-order valence-corrected chi connectivity index (χ0v) is 12.3. The van der Waals surface area contributed by atoms with Crippen LogP contribution in [0.1, 0.15) is 36.1 Å². The second-order valence-electron chi connectivity index (χ2n) is 5.31.